The highest BCUT2D eigenvalue weighted by molar-refractivity contribution is 6.33. The Kier molecular flexibility index (Phi) is 6.67. The standard InChI is InChI=1S/C14H21ClN2O2/c1-3-4-7-17(8-9-18)14(19)16-13-10-11(2)5-6-12(13)15/h5-6,10,18H,3-4,7-9H2,1-2H3,(H,16,19). The number of rotatable bonds is 6. The van der Waals surface area contributed by atoms with Crippen molar-refractivity contribution in [2.45, 2.75) is 26.7 Å². The maximum atomic E-state index is 12.1. The summed E-state index contributed by atoms with van der Waals surface area (Å²) in [5, 5.41) is 12.3. The maximum absolute atomic E-state index is 12.1. The van der Waals surface area contributed by atoms with Crippen LogP contribution in [0.3, 0.4) is 0 Å². The van der Waals surface area contributed by atoms with Crippen LogP contribution in [0.4, 0.5) is 10.5 Å². The number of carbonyl (C=O) groups excluding carboxylic acids is 1. The Morgan fingerprint density at radius 2 is 2.16 bits per heavy atom. The first-order valence-corrected chi connectivity index (χ1v) is 6.89. The third kappa shape index (κ3) is 5.09. The van der Waals surface area contributed by atoms with Gasteiger partial charge in [0.05, 0.1) is 17.3 Å². The maximum Gasteiger partial charge on any atom is 0.321 e. The minimum atomic E-state index is -0.227. The molecule has 0 aliphatic heterocycles. The number of hydrogen-bond donors (Lipinski definition) is 2. The molecule has 19 heavy (non-hydrogen) atoms. The van der Waals surface area contributed by atoms with Crippen LogP contribution in [-0.4, -0.2) is 35.7 Å². The number of aryl methyl sites for hydroxylation is 1. The van der Waals surface area contributed by atoms with Gasteiger partial charge in [-0.15, -0.1) is 0 Å². The van der Waals surface area contributed by atoms with E-state index in [0.717, 1.165) is 18.4 Å². The van der Waals surface area contributed by atoms with Crippen LogP contribution in [0.15, 0.2) is 18.2 Å². The van der Waals surface area contributed by atoms with Gasteiger partial charge < -0.3 is 15.3 Å². The van der Waals surface area contributed by atoms with Gasteiger partial charge in [0.25, 0.3) is 0 Å². The molecule has 0 atom stereocenters. The van der Waals surface area contributed by atoms with Crippen molar-refractivity contribution < 1.29 is 9.90 Å². The molecule has 0 saturated heterocycles. The summed E-state index contributed by atoms with van der Waals surface area (Å²) in [4.78, 5) is 13.7. The highest BCUT2D eigenvalue weighted by atomic mass is 35.5. The fourth-order valence-corrected chi connectivity index (χ4v) is 1.88. The molecule has 2 amide bonds. The lowest BCUT2D eigenvalue weighted by Gasteiger charge is -2.22. The van der Waals surface area contributed by atoms with Gasteiger partial charge in [0.2, 0.25) is 0 Å². The average Bonchev–Trinajstić information content (AvgIpc) is 2.38. The minimum Gasteiger partial charge on any atom is -0.395 e. The van der Waals surface area contributed by atoms with Gasteiger partial charge in [-0.3, -0.25) is 0 Å². The van der Waals surface area contributed by atoms with E-state index in [4.69, 9.17) is 16.7 Å². The lowest BCUT2D eigenvalue weighted by molar-refractivity contribution is 0.187. The molecule has 0 saturated carbocycles. The quantitative estimate of drug-likeness (QED) is 0.842. The Balaban J connectivity index is 2.71. The van der Waals surface area contributed by atoms with Crippen LogP contribution < -0.4 is 5.32 Å². The number of amides is 2. The Morgan fingerprint density at radius 1 is 1.42 bits per heavy atom. The molecule has 0 radical (unpaired) electrons. The Morgan fingerprint density at radius 3 is 2.79 bits per heavy atom. The van der Waals surface area contributed by atoms with Crippen LogP contribution in [0.2, 0.25) is 5.02 Å². The van der Waals surface area contributed by atoms with Crippen molar-refractivity contribution in [3.8, 4) is 0 Å². The fourth-order valence-electron chi connectivity index (χ4n) is 1.71. The van der Waals surface area contributed by atoms with Crippen LogP contribution >= 0.6 is 11.6 Å². The van der Waals surface area contributed by atoms with Gasteiger partial charge in [0.15, 0.2) is 0 Å². The zero-order valence-electron chi connectivity index (χ0n) is 11.4. The molecular formula is C14H21ClN2O2. The molecule has 0 aliphatic rings. The summed E-state index contributed by atoms with van der Waals surface area (Å²) < 4.78 is 0. The van der Waals surface area contributed by atoms with Crippen molar-refractivity contribution in [3.63, 3.8) is 0 Å². The van der Waals surface area contributed by atoms with Gasteiger partial charge in [0.1, 0.15) is 0 Å². The monoisotopic (exact) mass is 284 g/mol. The Bertz CT molecular complexity index is 424. The van der Waals surface area contributed by atoms with Crippen LogP contribution in [0, 0.1) is 6.92 Å². The van der Waals surface area contributed by atoms with Crippen LogP contribution in [0.5, 0.6) is 0 Å². The van der Waals surface area contributed by atoms with E-state index in [9.17, 15) is 4.79 Å². The lowest BCUT2D eigenvalue weighted by atomic mass is 10.2. The van der Waals surface area contributed by atoms with Crippen molar-refractivity contribution >= 4 is 23.3 Å². The fraction of sp³-hybridized carbons (Fsp3) is 0.500. The zero-order chi connectivity index (χ0) is 14.3. The number of hydrogen-bond acceptors (Lipinski definition) is 2. The van der Waals surface area contributed by atoms with Crippen LogP contribution in [0.1, 0.15) is 25.3 Å². The topological polar surface area (TPSA) is 52.6 Å². The van der Waals surface area contributed by atoms with E-state index in [2.05, 4.69) is 12.2 Å². The van der Waals surface area contributed by atoms with Gasteiger partial charge in [-0.1, -0.05) is 31.0 Å². The van der Waals surface area contributed by atoms with E-state index in [-0.39, 0.29) is 12.6 Å². The molecule has 0 heterocycles. The summed E-state index contributed by atoms with van der Waals surface area (Å²) >= 11 is 6.04. The van der Waals surface area contributed by atoms with Crippen LogP contribution in [0.25, 0.3) is 0 Å². The molecule has 106 valence electrons. The summed E-state index contributed by atoms with van der Waals surface area (Å²) in [7, 11) is 0. The summed E-state index contributed by atoms with van der Waals surface area (Å²) in [5.41, 5.74) is 1.63. The smallest absolute Gasteiger partial charge is 0.321 e. The van der Waals surface area contributed by atoms with E-state index in [1.165, 1.54) is 0 Å². The molecule has 1 aromatic carbocycles. The number of carbonyl (C=O) groups is 1. The third-order valence-electron chi connectivity index (χ3n) is 2.80. The number of aliphatic hydroxyl groups excluding tert-OH is 1. The largest absolute Gasteiger partial charge is 0.395 e. The average molecular weight is 285 g/mol. The van der Waals surface area contributed by atoms with Crippen molar-refractivity contribution in [2.24, 2.45) is 0 Å². The van der Waals surface area contributed by atoms with Gasteiger partial charge in [-0.05, 0) is 31.0 Å². The van der Waals surface area contributed by atoms with Crippen molar-refractivity contribution in [1.82, 2.24) is 4.90 Å². The normalized spacial score (nSPS) is 10.3. The van der Waals surface area contributed by atoms with Crippen LogP contribution in [-0.2, 0) is 0 Å². The number of nitrogens with one attached hydrogen (secondary N) is 1. The second kappa shape index (κ2) is 8.02. The predicted octanol–water partition coefficient (Wildman–Crippen LogP) is 3.27. The van der Waals surface area contributed by atoms with E-state index in [0.29, 0.717) is 23.8 Å². The minimum absolute atomic E-state index is 0.0430. The first-order chi connectivity index (χ1) is 9.08. The van der Waals surface area contributed by atoms with E-state index >= 15 is 0 Å². The molecule has 4 nitrogen and oxygen atoms in total. The number of benzene rings is 1. The van der Waals surface area contributed by atoms with E-state index in [1.54, 1.807) is 11.0 Å². The predicted molar refractivity (Wildman–Crippen MR) is 78.8 cm³/mol. The molecule has 5 heteroatoms. The molecule has 0 aliphatic carbocycles. The summed E-state index contributed by atoms with van der Waals surface area (Å²) in [6, 6.07) is 5.25. The molecule has 0 spiro atoms. The lowest BCUT2D eigenvalue weighted by Crippen LogP contribution is -2.37. The summed E-state index contributed by atoms with van der Waals surface area (Å²) in [6.45, 7) is 4.92. The molecule has 1 aromatic rings. The van der Waals surface area contributed by atoms with E-state index < -0.39 is 0 Å². The highest BCUT2D eigenvalue weighted by Crippen LogP contribution is 2.23. The molecule has 2 N–H and O–H groups in total. The molecular weight excluding hydrogens is 264 g/mol. The first kappa shape index (κ1) is 15.8. The van der Waals surface area contributed by atoms with Crippen molar-refractivity contribution in [1.29, 1.82) is 0 Å². The molecule has 0 aromatic heterocycles. The number of aliphatic hydroxyl groups is 1. The van der Waals surface area contributed by atoms with Gasteiger partial charge in [-0.2, -0.15) is 0 Å². The number of urea groups is 1. The second-order valence-electron chi connectivity index (χ2n) is 4.48. The SMILES string of the molecule is CCCCN(CCO)C(=O)Nc1cc(C)ccc1Cl. The molecule has 0 bridgehead atoms. The second-order valence-corrected chi connectivity index (χ2v) is 4.88. The number of anilines is 1. The van der Waals surface area contributed by atoms with Gasteiger partial charge >= 0.3 is 6.03 Å². The first-order valence-electron chi connectivity index (χ1n) is 6.51. The van der Waals surface area contributed by atoms with Crippen molar-refractivity contribution in [3.05, 3.63) is 28.8 Å². The van der Waals surface area contributed by atoms with Gasteiger partial charge in [0, 0.05) is 13.1 Å². The Labute approximate surface area is 119 Å². The van der Waals surface area contributed by atoms with Crippen molar-refractivity contribution in [2.75, 3.05) is 25.0 Å². The molecule has 1 rings (SSSR count). The van der Waals surface area contributed by atoms with E-state index in [1.807, 2.05) is 19.1 Å². The third-order valence-corrected chi connectivity index (χ3v) is 3.13. The highest BCUT2D eigenvalue weighted by Gasteiger charge is 2.13. The molecule has 0 unspecified atom stereocenters. The number of unbranched alkanes of at least 4 members (excludes halogenated alkanes) is 1. The zero-order valence-corrected chi connectivity index (χ0v) is 12.2. The van der Waals surface area contributed by atoms with Gasteiger partial charge in [-0.25, -0.2) is 4.79 Å². The number of nitrogens with zero attached hydrogens (tertiary/aromatic N) is 1. The Hall–Kier alpha value is -1.26. The summed E-state index contributed by atoms with van der Waals surface area (Å²) in [5.74, 6) is 0. The molecule has 0 fully saturated rings. The number of halogens is 1. The summed E-state index contributed by atoms with van der Waals surface area (Å²) in [6.07, 6.45) is 1.91.